The number of anilines is 1. The molecule has 0 fully saturated rings. The molecule has 0 radical (unpaired) electrons. The number of aromatic nitrogens is 3. The predicted octanol–water partition coefficient (Wildman–Crippen LogP) is 4.41. The number of ether oxygens (including phenoxy) is 2. The number of hydrogen-bond donors (Lipinski definition) is 1. The number of nitrogens with one attached hydrogen (secondary N) is 1. The summed E-state index contributed by atoms with van der Waals surface area (Å²) in [4.78, 5) is 23.3. The van der Waals surface area contributed by atoms with E-state index >= 15 is 0 Å². The van der Waals surface area contributed by atoms with Crippen LogP contribution in [-0.2, 0) is 11.2 Å². The maximum atomic E-state index is 11.4. The van der Waals surface area contributed by atoms with E-state index in [1.54, 1.807) is 12.1 Å². The summed E-state index contributed by atoms with van der Waals surface area (Å²) in [6, 6.07) is 10.8. The molecule has 0 amide bonds. The van der Waals surface area contributed by atoms with Gasteiger partial charge in [0.25, 0.3) is 0 Å². The van der Waals surface area contributed by atoms with E-state index in [9.17, 15) is 4.79 Å². The van der Waals surface area contributed by atoms with Crippen molar-refractivity contribution in [3.05, 3.63) is 70.2 Å². The van der Waals surface area contributed by atoms with Gasteiger partial charge in [-0.25, -0.2) is 14.8 Å². The third kappa shape index (κ3) is 5.31. The van der Waals surface area contributed by atoms with E-state index in [-0.39, 0.29) is 5.28 Å². The zero-order chi connectivity index (χ0) is 19.9. The smallest absolute Gasteiger partial charge is 0.339 e. The summed E-state index contributed by atoms with van der Waals surface area (Å²) in [5.41, 5.74) is 1.47. The highest BCUT2D eigenvalue weighted by atomic mass is 35.5. The van der Waals surface area contributed by atoms with Crippen LogP contribution >= 0.6 is 23.2 Å². The molecule has 1 N–H and O–H groups in total. The van der Waals surface area contributed by atoms with Crippen molar-refractivity contribution in [1.82, 2.24) is 15.0 Å². The van der Waals surface area contributed by atoms with Gasteiger partial charge in [-0.3, -0.25) is 0 Å². The summed E-state index contributed by atoms with van der Waals surface area (Å²) in [7, 11) is 1.32. The summed E-state index contributed by atoms with van der Waals surface area (Å²) < 4.78 is 10.3. The molecule has 1 aromatic carbocycles. The molecule has 28 heavy (non-hydrogen) atoms. The molecule has 0 aliphatic rings. The van der Waals surface area contributed by atoms with E-state index in [4.69, 9.17) is 27.9 Å². The molecule has 144 valence electrons. The summed E-state index contributed by atoms with van der Waals surface area (Å²) in [5, 5.41) is 3.69. The summed E-state index contributed by atoms with van der Waals surface area (Å²) in [5.74, 6) is 1.09. The van der Waals surface area contributed by atoms with Crippen molar-refractivity contribution >= 4 is 35.0 Å². The van der Waals surface area contributed by atoms with E-state index in [1.165, 1.54) is 19.5 Å². The van der Waals surface area contributed by atoms with Crippen LogP contribution in [-0.4, -0.2) is 34.6 Å². The standard InChI is InChI=1S/C19H16Cl2N4O3/c1-27-18(26)13-4-7-16(23-10-13)28-14-5-2-12(3-6-14)8-9-22-17-15(20)11-24-19(21)25-17/h2-7,10-11H,8-9H2,1H3,(H,22,24,25). The Hall–Kier alpha value is -2.90. The maximum Gasteiger partial charge on any atom is 0.339 e. The van der Waals surface area contributed by atoms with E-state index < -0.39 is 5.97 Å². The van der Waals surface area contributed by atoms with Crippen molar-refractivity contribution in [3.8, 4) is 11.6 Å². The lowest BCUT2D eigenvalue weighted by Crippen LogP contribution is -2.07. The summed E-state index contributed by atoms with van der Waals surface area (Å²) in [6.45, 7) is 0.629. The van der Waals surface area contributed by atoms with Crippen LogP contribution in [0.4, 0.5) is 5.82 Å². The Kier molecular flexibility index (Phi) is 6.62. The van der Waals surface area contributed by atoms with Gasteiger partial charge in [0.2, 0.25) is 11.2 Å². The second kappa shape index (κ2) is 9.34. The first-order valence-corrected chi connectivity index (χ1v) is 9.04. The van der Waals surface area contributed by atoms with Crippen LogP contribution in [0.15, 0.2) is 48.8 Å². The van der Waals surface area contributed by atoms with Crippen LogP contribution in [0.25, 0.3) is 0 Å². The number of nitrogens with zero attached hydrogens (tertiary/aromatic N) is 3. The molecule has 7 nitrogen and oxygen atoms in total. The lowest BCUT2D eigenvalue weighted by molar-refractivity contribution is 0.0600. The fourth-order valence-corrected chi connectivity index (χ4v) is 2.61. The number of rotatable bonds is 7. The molecular formula is C19H16Cl2N4O3. The van der Waals surface area contributed by atoms with E-state index in [0.29, 0.717) is 34.6 Å². The molecule has 0 aliphatic heterocycles. The number of methoxy groups -OCH3 is 1. The van der Waals surface area contributed by atoms with Crippen molar-refractivity contribution < 1.29 is 14.3 Å². The van der Waals surface area contributed by atoms with Crippen LogP contribution in [0.1, 0.15) is 15.9 Å². The SMILES string of the molecule is COC(=O)c1ccc(Oc2ccc(CCNc3nc(Cl)ncc3Cl)cc2)nc1. The first-order chi connectivity index (χ1) is 13.5. The van der Waals surface area contributed by atoms with Gasteiger partial charge in [0.05, 0.1) is 18.9 Å². The van der Waals surface area contributed by atoms with E-state index in [2.05, 4.69) is 25.0 Å². The second-order valence-corrected chi connectivity index (χ2v) is 6.38. The molecule has 3 aromatic rings. The molecule has 0 atom stereocenters. The van der Waals surface area contributed by atoms with Gasteiger partial charge in [-0.05, 0) is 41.8 Å². The number of pyridine rings is 1. The van der Waals surface area contributed by atoms with Gasteiger partial charge in [-0.15, -0.1) is 0 Å². The van der Waals surface area contributed by atoms with Gasteiger partial charge >= 0.3 is 5.97 Å². The van der Waals surface area contributed by atoms with Crippen molar-refractivity contribution in [1.29, 1.82) is 0 Å². The molecule has 0 saturated carbocycles. The fourth-order valence-electron chi connectivity index (χ4n) is 2.32. The van der Waals surface area contributed by atoms with Crippen molar-refractivity contribution in [3.63, 3.8) is 0 Å². The molecule has 0 spiro atoms. The monoisotopic (exact) mass is 418 g/mol. The number of esters is 1. The van der Waals surface area contributed by atoms with Crippen LogP contribution in [0.3, 0.4) is 0 Å². The Morgan fingerprint density at radius 2 is 1.86 bits per heavy atom. The summed E-state index contributed by atoms with van der Waals surface area (Å²) in [6.07, 6.45) is 3.62. The molecular weight excluding hydrogens is 403 g/mol. The Morgan fingerprint density at radius 3 is 2.54 bits per heavy atom. The Labute approximate surface area is 171 Å². The number of benzene rings is 1. The lowest BCUT2D eigenvalue weighted by atomic mass is 10.1. The molecule has 2 heterocycles. The molecule has 9 heteroatoms. The molecule has 3 rings (SSSR count). The minimum atomic E-state index is -0.442. The number of halogens is 2. The van der Waals surface area contributed by atoms with Crippen LogP contribution in [0.2, 0.25) is 10.3 Å². The van der Waals surface area contributed by atoms with E-state index in [1.807, 2.05) is 24.3 Å². The van der Waals surface area contributed by atoms with Crippen molar-refractivity contribution in [2.45, 2.75) is 6.42 Å². The third-order valence-corrected chi connectivity index (χ3v) is 4.18. The zero-order valence-electron chi connectivity index (χ0n) is 14.9. The highest BCUT2D eigenvalue weighted by molar-refractivity contribution is 6.33. The molecule has 0 bridgehead atoms. The maximum absolute atomic E-state index is 11.4. The molecule has 0 aliphatic carbocycles. The van der Waals surface area contributed by atoms with Gasteiger partial charge in [0.1, 0.15) is 16.6 Å². The third-order valence-electron chi connectivity index (χ3n) is 3.72. The van der Waals surface area contributed by atoms with Crippen molar-refractivity contribution in [2.24, 2.45) is 0 Å². The van der Waals surface area contributed by atoms with Crippen molar-refractivity contribution in [2.75, 3.05) is 19.0 Å². The highest BCUT2D eigenvalue weighted by Crippen LogP contribution is 2.21. The minimum absolute atomic E-state index is 0.140. The number of hydrogen-bond acceptors (Lipinski definition) is 7. The predicted molar refractivity (Wildman–Crippen MR) is 106 cm³/mol. The Morgan fingerprint density at radius 1 is 1.07 bits per heavy atom. The number of carbonyl (C=O) groups is 1. The Bertz CT molecular complexity index is 950. The van der Waals surface area contributed by atoms with Gasteiger partial charge in [0, 0.05) is 18.8 Å². The average molecular weight is 419 g/mol. The van der Waals surface area contributed by atoms with Crippen LogP contribution < -0.4 is 10.1 Å². The largest absolute Gasteiger partial charge is 0.465 e. The quantitative estimate of drug-likeness (QED) is 0.448. The summed E-state index contributed by atoms with van der Waals surface area (Å²) >= 11 is 11.8. The van der Waals surface area contributed by atoms with Crippen LogP contribution in [0, 0.1) is 0 Å². The van der Waals surface area contributed by atoms with Gasteiger partial charge in [0.15, 0.2) is 0 Å². The molecule has 2 aromatic heterocycles. The van der Waals surface area contributed by atoms with E-state index in [0.717, 1.165) is 12.0 Å². The van der Waals surface area contributed by atoms with Gasteiger partial charge in [-0.1, -0.05) is 23.7 Å². The molecule has 0 unspecified atom stereocenters. The minimum Gasteiger partial charge on any atom is -0.465 e. The first kappa shape index (κ1) is 19.9. The average Bonchev–Trinajstić information content (AvgIpc) is 2.72. The Balaban J connectivity index is 1.53. The number of carbonyl (C=O) groups excluding carboxylic acids is 1. The lowest BCUT2D eigenvalue weighted by Gasteiger charge is -2.08. The topological polar surface area (TPSA) is 86.2 Å². The fraction of sp³-hybridized carbons (Fsp3) is 0.158. The zero-order valence-corrected chi connectivity index (χ0v) is 16.4. The van der Waals surface area contributed by atoms with Crippen LogP contribution in [0.5, 0.6) is 11.6 Å². The first-order valence-electron chi connectivity index (χ1n) is 8.28. The molecule has 0 saturated heterocycles. The second-order valence-electron chi connectivity index (χ2n) is 5.64. The normalized spacial score (nSPS) is 10.4. The highest BCUT2D eigenvalue weighted by Gasteiger charge is 2.07. The van der Waals surface area contributed by atoms with Gasteiger partial charge in [-0.2, -0.15) is 4.98 Å². The van der Waals surface area contributed by atoms with Gasteiger partial charge < -0.3 is 14.8 Å².